The van der Waals surface area contributed by atoms with Crippen molar-refractivity contribution in [3.8, 4) is 0 Å². The standard InChI is InChI=1S/C13H27N3O.2ClH/c1-11-4-3-8-16(10-11)9-7-15-13(17)6-5-12(2)14;;/h11-12H,3-10,14H2,1-2H3,(H,15,17);2*1H. The van der Waals surface area contributed by atoms with Gasteiger partial charge in [-0.25, -0.2) is 0 Å². The zero-order valence-corrected chi connectivity index (χ0v) is 13.7. The predicted octanol–water partition coefficient (Wildman–Crippen LogP) is 1.81. The fourth-order valence-corrected chi connectivity index (χ4v) is 2.29. The van der Waals surface area contributed by atoms with Crippen molar-refractivity contribution in [1.29, 1.82) is 0 Å². The maximum Gasteiger partial charge on any atom is 0.220 e. The zero-order chi connectivity index (χ0) is 12.7. The van der Waals surface area contributed by atoms with E-state index in [1.54, 1.807) is 0 Å². The Morgan fingerprint density at radius 2 is 2.16 bits per heavy atom. The highest BCUT2D eigenvalue weighted by Gasteiger charge is 2.15. The number of hydrogen-bond acceptors (Lipinski definition) is 3. The van der Waals surface area contributed by atoms with Gasteiger partial charge in [0.25, 0.3) is 0 Å². The second-order valence-electron chi connectivity index (χ2n) is 5.41. The molecule has 0 spiro atoms. The third-order valence-electron chi connectivity index (χ3n) is 3.32. The van der Waals surface area contributed by atoms with Gasteiger partial charge in [-0.05, 0) is 38.6 Å². The highest BCUT2D eigenvalue weighted by molar-refractivity contribution is 5.85. The van der Waals surface area contributed by atoms with Crippen molar-refractivity contribution in [3.63, 3.8) is 0 Å². The van der Waals surface area contributed by atoms with E-state index in [-0.39, 0.29) is 36.8 Å². The number of piperidine rings is 1. The summed E-state index contributed by atoms with van der Waals surface area (Å²) in [5.74, 6) is 0.935. The lowest BCUT2D eigenvalue weighted by molar-refractivity contribution is -0.121. The van der Waals surface area contributed by atoms with Gasteiger partial charge in [-0.1, -0.05) is 6.92 Å². The minimum atomic E-state index is 0. The molecule has 0 radical (unpaired) electrons. The number of carbonyl (C=O) groups excluding carboxylic acids is 1. The highest BCUT2D eigenvalue weighted by atomic mass is 35.5. The van der Waals surface area contributed by atoms with Gasteiger partial charge in [0.1, 0.15) is 0 Å². The Hall–Kier alpha value is -0.0300. The molecule has 6 heteroatoms. The molecule has 19 heavy (non-hydrogen) atoms. The van der Waals surface area contributed by atoms with Crippen LogP contribution in [0.5, 0.6) is 0 Å². The second kappa shape index (κ2) is 11.8. The topological polar surface area (TPSA) is 58.4 Å². The Labute approximate surface area is 129 Å². The van der Waals surface area contributed by atoms with Crippen LogP contribution in [-0.2, 0) is 4.79 Å². The lowest BCUT2D eigenvalue weighted by Crippen LogP contribution is -2.40. The van der Waals surface area contributed by atoms with Gasteiger partial charge in [-0.3, -0.25) is 4.79 Å². The Bertz CT molecular complexity index is 240. The molecular weight excluding hydrogens is 285 g/mol. The number of nitrogens with two attached hydrogens (primary N) is 1. The van der Waals surface area contributed by atoms with Crippen molar-refractivity contribution in [2.75, 3.05) is 26.2 Å². The average Bonchev–Trinajstić information content (AvgIpc) is 2.26. The molecule has 0 aromatic rings. The van der Waals surface area contributed by atoms with E-state index in [1.165, 1.54) is 25.9 Å². The van der Waals surface area contributed by atoms with E-state index >= 15 is 0 Å². The van der Waals surface area contributed by atoms with Crippen LogP contribution in [0.2, 0.25) is 0 Å². The normalized spacial score (nSPS) is 20.9. The van der Waals surface area contributed by atoms with Gasteiger partial charge in [0.15, 0.2) is 0 Å². The molecule has 0 aliphatic carbocycles. The molecule has 1 heterocycles. The van der Waals surface area contributed by atoms with E-state index in [0.717, 1.165) is 25.4 Å². The summed E-state index contributed by atoms with van der Waals surface area (Å²) in [7, 11) is 0. The predicted molar refractivity (Wildman–Crippen MR) is 85.2 cm³/mol. The first kappa shape index (κ1) is 21.3. The SMILES string of the molecule is CC(N)CCC(=O)NCCN1CCCC(C)C1.Cl.Cl. The van der Waals surface area contributed by atoms with Gasteiger partial charge in [-0.2, -0.15) is 0 Å². The third kappa shape index (κ3) is 10.4. The Kier molecular flexibility index (Phi) is 13.2. The van der Waals surface area contributed by atoms with E-state index in [0.29, 0.717) is 6.42 Å². The Morgan fingerprint density at radius 1 is 1.47 bits per heavy atom. The molecule has 0 aromatic heterocycles. The van der Waals surface area contributed by atoms with Gasteiger partial charge in [-0.15, -0.1) is 24.8 Å². The van der Waals surface area contributed by atoms with Crippen LogP contribution < -0.4 is 11.1 Å². The lowest BCUT2D eigenvalue weighted by Gasteiger charge is -2.30. The first-order chi connectivity index (χ1) is 8.08. The van der Waals surface area contributed by atoms with E-state index in [9.17, 15) is 4.79 Å². The molecule has 0 bridgehead atoms. The zero-order valence-electron chi connectivity index (χ0n) is 12.1. The highest BCUT2D eigenvalue weighted by Crippen LogP contribution is 2.14. The number of rotatable bonds is 6. The molecule has 1 rings (SSSR count). The summed E-state index contributed by atoms with van der Waals surface area (Å²) in [6.07, 6.45) is 3.96. The molecule has 116 valence electrons. The van der Waals surface area contributed by atoms with E-state index < -0.39 is 0 Å². The summed E-state index contributed by atoms with van der Waals surface area (Å²) < 4.78 is 0. The van der Waals surface area contributed by atoms with E-state index in [2.05, 4.69) is 17.1 Å². The molecule has 1 aliphatic heterocycles. The number of amides is 1. The van der Waals surface area contributed by atoms with Crippen LogP contribution in [0.15, 0.2) is 0 Å². The van der Waals surface area contributed by atoms with Crippen molar-refractivity contribution in [2.24, 2.45) is 11.7 Å². The van der Waals surface area contributed by atoms with Crippen LogP contribution >= 0.6 is 24.8 Å². The number of nitrogens with zero attached hydrogens (tertiary/aromatic N) is 1. The lowest BCUT2D eigenvalue weighted by atomic mass is 10.0. The molecule has 0 aromatic carbocycles. The number of hydrogen-bond donors (Lipinski definition) is 2. The van der Waals surface area contributed by atoms with Crippen LogP contribution in [0.4, 0.5) is 0 Å². The molecule has 1 aliphatic rings. The van der Waals surface area contributed by atoms with Gasteiger partial charge >= 0.3 is 0 Å². The minimum Gasteiger partial charge on any atom is -0.355 e. The number of likely N-dealkylation sites (tertiary alicyclic amines) is 1. The van der Waals surface area contributed by atoms with Crippen molar-refractivity contribution >= 4 is 30.7 Å². The fraction of sp³-hybridized carbons (Fsp3) is 0.923. The monoisotopic (exact) mass is 313 g/mol. The molecule has 1 fully saturated rings. The molecule has 1 saturated heterocycles. The van der Waals surface area contributed by atoms with Crippen LogP contribution in [0.25, 0.3) is 0 Å². The fourth-order valence-electron chi connectivity index (χ4n) is 2.29. The van der Waals surface area contributed by atoms with Crippen molar-refractivity contribution in [3.05, 3.63) is 0 Å². The molecule has 3 N–H and O–H groups in total. The van der Waals surface area contributed by atoms with E-state index in [4.69, 9.17) is 5.73 Å². The number of nitrogens with one attached hydrogen (secondary N) is 1. The Morgan fingerprint density at radius 3 is 2.74 bits per heavy atom. The molecule has 1 amide bonds. The second-order valence-corrected chi connectivity index (χ2v) is 5.41. The minimum absolute atomic E-state index is 0. The summed E-state index contributed by atoms with van der Waals surface area (Å²) in [4.78, 5) is 13.9. The van der Waals surface area contributed by atoms with Crippen molar-refractivity contribution in [2.45, 2.75) is 45.6 Å². The Balaban J connectivity index is 0. The molecule has 0 saturated carbocycles. The number of halogens is 2. The van der Waals surface area contributed by atoms with Gasteiger partial charge < -0.3 is 16.0 Å². The molecule has 2 unspecified atom stereocenters. The summed E-state index contributed by atoms with van der Waals surface area (Å²) >= 11 is 0. The summed E-state index contributed by atoms with van der Waals surface area (Å²) in [6, 6.07) is 0.115. The van der Waals surface area contributed by atoms with E-state index in [1.807, 2.05) is 6.92 Å². The first-order valence-corrected chi connectivity index (χ1v) is 6.82. The maximum absolute atomic E-state index is 11.5. The van der Waals surface area contributed by atoms with Gasteiger partial charge in [0, 0.05) is 32.1 Å². The molecule has 4 nitrogen and oxygen atoms in total. The number of carbonyl (C=O) groups is 1. The van der Waals surface area contributed by atoms with Gasteiger partial charge in [0.05, 0.1) is 0 Å². The molecular formula is C13H29Cl2N3O. The quantitative estimate of drug-likeness (QED) is 0.786. The van der Waals surface area contributed by atoms with Crippen LogP contribution in [-0.4, -0.2) is 43.0 Å². The summed E-state index contributed by atoms with van der Waals surface area (Å²) in [5.41, 5.74) is 5.61. The smallest absolute Gasteiger partial charge is 0.220 e. The van der Waals surface area contributed by atoms with Crippen LogP contribution in [0.1, 0.15) is 39.5 Å². The summed E-state index contributed by atoms with van der Waals surface area (Å²) in [5, 5.41) is 2.96. The maximum atomic E-state index is 11.5. The van der Waals surface area contributed by atoms with Crippen LogP contribution in [0.3, 0.4) is 0 Å². The van der Waals surface area contributed by atoms with Crippen molar-refractivity contribution < 1.29 is 4.79 Å². The average molecular weight is 314 g/mol. The summed E-state index contributed by atoms with van der Waals surface area (Å²) in [6.45, 7) is 8.34. The van der Waals surface area contributed by atoms with Crippen LogP contribution in [0, 0.1) is 5.92 Å². The molecule has 2 atom stereocenters. The third-order valence-corrected chi connectivity index (χ3v) is 3.32. The largest absolute Gasteiger partial charge is 0.355 e. The first-order valence-electron chi connectivity index (χ1n) is 6.82. The van der Waals surface area contributed by atoms with Crippen molar-refractivity contribution in [1.82, 2.24) is 10.2 Å². The van der Waals surface area contributed by atoms with Gasteiger partial charge in [0.2, 0.25) is 5.91 Å².